The fraction of sp³-hybridized carbons (Fsp3) is 0.318. The van der Waals surface area contributed by atoms with Crippen LogP contribution < -0.4 is 5.32 Å². The van der Waals surface area contributed by atoms with Crippen LogP contribution in [0.15, 0.2) is 48.5 Å². The van der Waals surface area contributed by atoms with E-state index in [1.165, 1.54) is 41.8 Å². The Hall–Kier alpha value is -3.02. The van der Waals surface area contributed by atoms with Crippen molar-refractivity contribution in [1.29, 1.82) is 0 Å². The number of ketones is 1. The minimum Gasteiger partial charge on any atom is -0.336 e. The van der Waals surface area contributed by atoms with Crippen LogP contribution in [0.4, 0.5) is 10.1 Å². The molecule has 0 aliphatic heterocycles. The van der Waals surface area contributed by atoms with Crippen molar-refractivity contribution in [2.75, 3.05) is 18.9 Å². The quantitative estimate of drug-likeness (QED) is 0.668. The van der Waals surface area contributed by atoms with E-state index in [9.17, 15) is 18.8 Å². The summed E-state index contributed by atoms with van der Waals surface area (Å²) in [5.74, 6) is -1.17. The third kappa shape index (κ3) is 6.61. The van der Waals surface area contributed by atoms with Gasteiger partial charge in [0.05, 0.1) is 6.54 Å². The number of hydrogen-bond donors (Lipinski definition) is 1. The first-order chi connectivity index (χ1) is 13.4. The average Bonchev–Trinajstić information content (AvgIpc) is 2.68. The lowest BCUT2D eigenvalue weighted by Gasteiger charge is -2.16. The summed E-state index contributed by atoms with van der Waals surface area (Å²) in [7, 11) is 1.51. The van der Waals surface area contributed by atoms with Gasteiger partial charge in [0.25, 0.3) is 0 Å². The molecule has 0 heterocycles. The van der Waals surface area contributed by atoms with Crippen LogP contribution in [0.1, 0.15) is 42.1 Å². The van der Waals surface area contributed by atoms with Crippen LogP contribution in [-0.2, 0) is 16.0 Å². The molecule has 0 saturated heterocycles. The van der Waals surface area contributed by atoms with Crippen LogP contribution in [0.5, 0.6) is 0 Å². The van der Waals surface area contributed by atoms with E-state index in [2.05, 4.69) is 12.2 Å². The predicted octanol–water partition coefficient (Wildman–Crippen LogP) is 3.84. The summed E-state index contributed by atoms with van der Waals surface area (Å²) in [4.78, 5) is 37.7. The number of anilines is 1. The number of carbonyl (C=O) groups excluding carboxylic acids is 3. The van der Waals surface area contributed by atoms with Crippen LogP contribution in [0.2, 0.25) is 0 Å². The molecule has 0 unspecified atom stereocenters. The first kappa shape index (κ1) is 21.3. The number of amides is 2. The summed E-state index contributed by atoms with van der Waals surface area (Å²) >= 11 is 0. The van der Waals surface area contributed by atoms with Crippen LogP contribution in [0.3, 0.4) is 0 Å². The monoisotopic (exact) mass is 384 g/mol. The number of rotatable bonds is 9. The standard InChI is InChI=1S/C22H25FN2O3/c1-3-4-16-5-7-17(8-6-16)20(26)13-14-22(28)25(2)15-21(27)24-19-11-9-18(23)10-12-19/h5-12H,3-4,13-15H2,1-2H3,(H,24,27). The molecule has 2 aromatic rings. The Morgan fingerprint density at radius 1 is 0.964 bits per heavy atom. The minimum absolute atomic E-state index is 0.0376. The lowest BCUT2D eigenvalue weighted by molar-refractivity contribution is -0.133. The van der Waals surface area contributed by atoms with Gasteiger partial charge in [-0.25, -0.2) is 4.39 Å². The van der Waals surface area contributed by atoms with Gasteiger partial charge in [0.15, 0.2) is 5.78 Å². The molecule has 0 atom stereocenters. The van der Waals surface area contributed by atoms with Crippen molar-refractivity contribution in [1.82, 2.24) is 4.90 Å². The number of aryl methyl sites for hydroxylation is 1. The molecular formula is C22H25FN2O3. The minimum atomic E-state index is -0.394. The van der Waals surface area contributed by atoms with Gasteiger partial charge in [0.1, 0.15) is 5.82 Å². The summed E-state index contributed by atoms with van der Waals surface area (Å²) in [5.41, 5.74) is 2.22. The molecule has 6 heteroatoms. The number of likely N-dealkylation sites (N-methyl/N-ethyl adjacent to an activating group) is 1. The van der Waals surface area contributed by atoms with Crippen molar-refractivity contribution in [3.8, 4) is 0 Å². The van der Waals surface area contributed by atoms with Gasteiger partial charge in [-0.2, -0.15) is 0 Å². The average molecular weight is 384 g/mol. The molecule has 2 amide bonds. The molecule has 0 bridgehead atoms. The van der Waals surface area contributed by atoms with E-state index >= 15 is 0 Å². The zero-order chi connectivity index (χ0) is 20.5. The van der Waals surface area contributed by atoms with Crippen molar-refractivity contribution >= 4 is 23.3 Å². The van der Waals surface area contributed by atoms with Gasteiger partial charge in [-0.1, -0.05) is 37.6 Å². The highest BCUT2D eigenvalue weighted by Crippen LogP contribution is 2.11. The molecule has 0 radical (unpaired) electrons. The molecule has 28 heavy (non-hydrogen) atoms. The van der Waals surface area contributed by atoms with Crippen molar-refractivity contribution < 1.29 is 18.8 Å². The second-order valence-electron chi connectivity index (χ2n) is 6.67. The molecule has 5 nitrogen and oxygen atoms in total. The molecular weight excluding hydrogens is 359 g/mol. The maximum absolute atomic E-state index is 12.9. The molecule has 0 saturated carbocycles. The van der Waals surface area contributed by atoms with Gasteiger partial charge < -0.3 is 10.2 Å². The number of nitrogens with one attached hydrogen (secondary N) is 1. The van der Waals surface area contributed by atoms with Crippen LogP contribution in [0.25, 0.3) is 0 Å². The van der Waals surface area contributed by atoms with Crippen LogP contribution in [-0.4, -0.2) is 36.1 Å². The second kappa shape index (κ2) is 10.3. The van der Waals surface area contributed by atoms with Gasteiger partial charge in [-0.3, -0.25) is 14.4 Å². The van der Waals surface area contributed by atoms with Gasteiger partial charge in [-0.05, 0) is 36.2 Å². The Morgan fingerprint density at radius 2 is 1.61 bits per heavy atom. The maximum Gasteiger partial charge on any atom is 0.243 e. The maximum atomic E-state index is 12.9. The molecule has 2 aromatic carbocycles. The highest BCUT2D eigenvalue weighted by molar-refractivity contribution is 5.98. The Balaban J connectivity index is 1.78. The fourth-order valence-electron chi connectivity index (χ4n) is 2.74. The lowest BCUT2D eigenvalue weighted by Crippen LogP contribution is -2.35. The zero-order valence-electron chi connectivity index (χ0n) is 16.2. The largest absolute Gasteiger partial charge is 0.336 e. The van der Waals surface area contributed by atoms with E-state index in [4.69, 9.17) is 0 Å². The number of carbonyl (C=O) groups is 3. The molecule has 1 N–H and O–H groups in total. The van der Waals surface area contributed by atoms with E-state index in [0.29, 0.717) is 11.3 Å². The van der Waals surface area contributed by atoms with Crippen molar-refractivity contribution in [3.63, 3.8) is 0 Å². The predicted molar refractivity (Wildman–Crippen MR) is 107 cm³/mol. The summed E-state index contributed by atoms with van der Waals surface area (Å²) in [6.07, 6.45) is 2.15. The normalized spacial score (nSPS) is 10.4. The number of nitrogens with zero attached hydrogens (tertiary/aromatic N) is 1. The number of halogens is 1. The Morgan fingerprint density at radius 3 is 2.21 bits per heavy atom. The molecule has 0 spiro atoms. The highest BCUT2D eigenvalue weighted by Gasteiger charge is 2.15. The van der Waals surface area contributed by atoms with Crippen LogP contribution in [0, 0.1) is 5.82 Å². The smallest absolute Gasteiger partial charge is 0.243 e. The van der Waals surface area contributed by atoms with Crippen molar-refractivity contribution in [2.24, 2.45) is 0 Å². The second-order valence-corrected chi connectivity index (χ2v) is 6.67. The van der Waals surface area contributed by atoms with Crippen molar-refractivity contribution in [2.45, 2.75) is 32.6 Å². The van der Waals surface area contributed by atoms with E-state index < -0.39 is 5.82 Å². The van der Waals surface area contributed by atoms with Gasteiger partial charge in [0.2, 0.25) is 11.8 Å². The summed E-state index contributed by atoms with van der Waals surface area (Å²) < 4.78 is 12.9. The van der Waals surface area contributed by atoms with E-state index in [1.807, 2.05) is 12.1 Å². The lowest BCUT2D eigenvalue weighted by atomic mass is 10.0. The van der Waals surface area contributed by atoms with E-state index in [-0.39, 0.29) is 37.0 Å². The Labute approximate surface area is 164 Å². The first-order valence-corrected chi connectivity index (χ1v) is 9.30. The Kier molecular flexibility index (Phi) is 7.87. The summed E-state index contributed by atoms with van der Waals surface area (Å²) in [5, 5.41) is 2.59. The third-order valence-electron chi connectivity index (χ3n) is 4.32. The molecule has 0 fully saturated rings. The number of benzene rings is 2. The van der Waals surface area contributed by atoms with Gasteiger partial charge in [-0.15, -0.1) is 0 Å². The molecule has 0 aliphatic carbocycles. The SMILES string of the molecule is CCCc1ccc(C(=O)CCC(=O)N(C)CC(=O)Nc2ccc(F)cc2)cc1. The molecule has 0 aliphatic rings. The zero-order valence-corrected chi connectivity index (χ0v) is 16.2. The molecule has 148 valence electrons. The van der Waals surface area contributed by atoms with E-state index in [1.54, 1.807) is 12.1 Å². The summed E-state index contributed by atoms with van der Waals surface area (Å²) in [6.45, 7) is 1.96. The topological polar surface area (TPSA) is 66.5 Å². The van der Waals surface area contributed by atoms with Crippen molar-refractivity contribution in [3.05, 3.63) is 65.5 Å². The molecule has 2 rings (SSSR count). The number of Topliss-reactive ketones (excluding diaryl/α,β-unsaturated/α-hetero) is 1. The fourth-order valence-corrected chi connectivity index (χ4v) is 2.74. The number of hydrogen-bond acceptors (Lipinski definition) is 3. The Bertz CT molecular complexity index is 817. The third-order valence-corrected chi connectivity index (χ3v) is 4.32. The first-order valence-electron chi connectivity index (χ1n) is 9.30. The van der Waals surface area contributed by atoms with Gasteiger partial charge in [0, 0.05) is 31.1 Å². The molecule has 0 aromatic heterocycles. The van der Waals surface area contributed by atoms with Gasteiger partial charge >= 0.3 is 0 Å². The van der Waals surface area contributed by atoms with Crippen LogP contribution >= 0.6 is 0 Å². The highest BCUT2D eigenvalue weighted by atomic mass is 19.1. The van der Waals surface area contributed by atoms with E-state index in [0.717, 1.165) is 12.8 Å². The summed E-state index contributed by atoms with van der Waals surface area (Å²) in [6, 6.07) is 12.8.